The number of ether oxygens (including phenoxy) is 2. The van der Waals surface area contributed by atoms with Crippen LogP contribution in [0.15, 0.2) is 47.3 Å². The Morgan fingerprint density at radius 3 is 2.44 bits per heavy atom. The highest BCUT2D eigenvalue weighted by Crippen LogP contribution is 2.45. The van der Waals surface area contributed by atoms with Gasteiger partial charge in [0.15, 0.2) is 7.85 Å². The number of carbonyl (C=O) groups is 6. The van der Waals surface area contributed by atoms with Gasteiger partial charge in [-0.2, -0.15) is 13.2 Å². The minimum absolute atomic E-state index is 0.00264. The molecular weight excluding hydrogens is 845 g/mol. The summed E-state index contributed by atoms with van der Waals surface area (Å²) in [4.78, 5) is 93.6. The van der Waals surface area contributed by atoms with Crippen LogP contribution in [0.1, 0.15) is 70.7 Å². The quantitative estimate of drug-likeness (QED) is 0.0348. The standard InChI is InChI=1S/C43H46BF4N7O9/c1-4-24(18-56)26-13-33-38-27(17-55(33)40(61)28(26)19-63-3)37-30(11-10-25-22(2)29(45)14-31(53-38)36(25)37)54-41(62)42(44,43(46,47)48)64-21-51-34(58)16-50-39(60)32(52-35(59)15-49-20-57)12-23-8-6-5-7-9-23/h5-9,13-14,18,20,24,30,32H,4,10-12,15-17,19,21,44H2,1-3H3,(H,49,57)(H,50,60)(H,51,58)(H,52,59)(H,54,62). The molecular formula is C43H46BF4N7O9. The molecule has 0 saturated carbocycles. The highest BCUT2D eigenvalue weighted by Gasteiger charge is 2.58. The number of carbonyl (C=O) groups excluding carboxylic acids is 6. The van der Waals surface area contributed by atoms with E-state index in [2.05, 4.69) is 26.6 Å². The number of hydrogen-bond donors (Lipinski definition) is 5. The third-order valence-electron chi connectivity index (χ3n) is 11.7. The highest BCUT2D eigenvalue weighted by atomic mass is 19.4. The zero-order valence-electron chi connectivity index (χ0n) is 35.4. The first-order valence-corrected chi connectivity index (χ1v) is 20.4. The molecule has 0 spiro atoms. The van der Waals surface area contributed by atoms with Crippen molar-refractivity contribution in [3.8, 4) is 11.4 Å². The van der Waals surface area contributed by atoms with E-state index in [1.165, 1.54) is 17.7 Å². The van der Waals surface area contributed by atoms with Gasteiger partial charge >= 0.3 is 6.18 Å². The Hall–Kier alpha value is -6.48. The fourth-order valence-electron chi connectivity index (χ4n) is 8.14. The number of aldehydes is 1. The fraction of sp³-hybridized carbons (Fsp3) is 0.395. The van der Waals surface area contributed by atoms with Crippen molar-refractivity contribution in [3.63, 3.8) is 0 Å². The van der Waals surface area contributed by atoms with E-state index in [-0.39, 0.29) is 49.2 Å². The molecule has 1 aliphatic carbocycles. The number of aryl methyl sites for hydroxylation is 1. The van der Waals surface area contributed by atoms with Crippen molar-refractivity contribution in [3.05, 3.63) is 97.6 Å². The van der Waals surface area contributed by atoms with E-state index in [9.17, 15) is 46.7 Å². The van der Waals surface area contributed by atoms with Crippen molar-refractivity contribution in [1.29, 1.82) is 0 Å². The number of pyridine rings is 2. The van der Waals surface area contributed by atoms with Crippen LogP contribution >= 0.6 is 0 Å². The maximum Gasteiger partial charge on any atom is 0.418 e. The lowest BCUT2D eigenvalue weighted by molar-refractivity contribution is -0.238. The molecule has 5 amide bonds. The second-order valence-corrected chi connectivity index (χ2v) is 15.7. The molecule has 16 nitrogen and oxygen atoms in total. The third-order valence-corrected chi connectivity index (χ3v) is 11.7. The Morgan fingerprint density at radius 2 is 1.78 bits per heavy atom. The summed E-state index contributed by atoms with van der Waals surface area (Å²) < 4.78 is 71.8. The zero-order valence-corrected chi connectivity index (χ0v) is 35.4. The Labute approximate surface area is 364 Å². The molecule has 6 rings (SSSR count). The summed E-state index contributed by atoms with van der Waals surface area (Å²) in [5.41, 5.74) is -0.336. The summed E-state index contributed by atoms with van der Waals surface area (Å²) in [6, 6.07) is 9.10. The number of nitrogens with zero attached hydrogens (tertiary/aromatic N) is 2. The predicted octanol–water partition coefficient (Wildman–Crippen LogP) is 1.39. The molecule has 1 aliphatic heterocycles. The number of benzene rings is 2. The van der Waals surface area contributed by atoms with Gasteiger partial charge < -0.3 is 45.4 Å². The Kier molecular flexibility index (Phi) is 14.3. The van der Waals surface area contributed by atoms with Gasteiger partial charge in [0.1, 0.15) is 24.9 Å². The number of methoxy groups -OCH3 is 1. The largest absolute Gasteiger partial charge is 0.418 e. The van der Waals surface area contributed by atoms with E-state index >= 15 is 4.39 Å². The third kappa shape index (κ3) is 9.40. The normalized spacial score (nSPS) is 15.8. The molecule has 0 radical (unpaired) electrons. The number of amides is 5. The van der Waals surface area contributed by atoms with Gasteiger partial charge in [0, 0.05) is 42.0 Å². The molecule has 4 aromatic rings. The summed E-state index contributed by atoms with van der Waals surface area (Å²) in [5, 5.41) is 12.0. The second-order valence-electron chi connectivity index (χ2n) is 15.7. The van der Waals surface area contributed by atoms with Crippen molar-refractivity contribution in [2.45, 2.75) is 82.4 Å². The van der Waals surface area contributed by atoms with Crippen LogP contribution in [-0.4, -0.2) is 98.4 Å². The molecule has 2 aromatic carbocycles. The number of aromatic nitrogens is 2. The molecule has 2 aliphatic rings. The molecule has 2 aromatic heterocycles. The van der Waals surface area contributed by atoms with Gasteiger partial charge in [-0.15, -0.1) is 0 Å². The van der Waals surface area contributed by atoms with Crippen molar-refractivity contribution < 1.29 is 55.8 Å². The van der Waals surface area contributed by atoms with Gasteiger partial charge in [-0.05, 0) is 60.1 Å². The molecule has 0 bridgehead atoms. The number of alkyl halides is 3. The van der Waals surface area contributed by atoms with E-state index in [1.54, 1.807) is 50.2 Å². The lowest BCUT2D eigenvalue weighted by Gasteiger charge is -2.35. The van der Waals surface area contributed by atoms with Crippen LogP contribution in [0.3, 0.4) is 0 Å². The van der Waals surface area contributed by atoms with E-state index in [4.69, 9.17) is 14.5 Å². The van der Waals surface area contributed by atoms with Gasteiger partial charge in [0.05, 0.1) is 49.2 Å². The number of fused-ring (bicyclic) bond motifs is 4. The van der Waals surface area contributed by atoms with Crippen LogP contribution in [0.5, 0.6) is 0 Å². The lowest BCUT2D eigenvalue weighted by Crippen LogP contribution is -2.61. The average molecular weight is 892 g/mol. The zero-order chi connectivity index (χ0) is 46.5. The minimum atomic E-state index is -5.33. The molecule has 4 unspecified atom stereocenters. The van der Waals surface area contributed by atoms with Gasteiger partial charge in [-0.25, -0.2) is 9.37 Å². The van der Waals surface area contributed by atoms with Crippen molar-refractivity contribution >= 4 is 55.1 Å². The number of rotatable bonds is 19. The number of hydrogen-bond acceptors (Lipinski definition) is 10. The monoisotopic (exact) mass is 891 g/mol. The molecule has 0 saturated heterocycles. The van der Waals surface area contributed by atoms with Gasteiger partial charge in [-0.1, -0.05) is 37.3 Å². The van der Waals surface area contributed by atoms with Gasteiger partial charge in [0.25, 0.3) is 11.5 Å². The first-order valence-electron chi connectivity index (χ1n) is 20.4. The molecule has 4 atom stereocenters. The van der Waals surface area contributed by atoms with Crippen LogP contribution in [0.4, 0.5) is 17.6 Å². The van der Waals surface area contributed by atoms with Gasteiger partial charge in [-0.3, -0.25) is 28.8 Å². The van der Waals surface area contributed by atoms with Crippen LogP contribution in [0.2, 0.25) is 0 Å². The molecule has 338 valence electrons. The summed E-state index contributed by atoms with van der Waals surface area (Å²) in [6.07, 6.45) is -3.74. The van der Waals surface area contributed by atoms with Crippen LogP contribution < -0.4 is 32.1 Å². The summed E-state index contributed by atoms with van der Waals surface area (Å²) in [7, 11) is 1.90. The molecule has 5 N–H and O–H groups in total. The van der Waals surface area contributed by atoms with Crippen molar-refractivity contribution in [2.24, 2.45) is 0 Å². The molecule has 21 heteroatoms. The summed E-state index contributed by atoms with van der Waals surface area (Å²) in [6.45, 7) is 0.858. The van der Waals surface area contributed by atoms with Crippen molar-refractivity contribution in [2.75, 3.05) is 26.9 Å². The Balaban J connectivity index is 1.23. The minimum Gasteiger partial charge on any atom is -0.380 e. The number of nitrogens with one attached hydrogen (secondary N) is 5. The first kappa shape index (κ1) is 47.0. The van der Waals surface area contributed by atoms with Crippen molar-refractivity contribution in [1.82, 2.24) is 36.1 Å². The fourth-order valence-corrected chi connectivity index (χ4v) is 8.14. The molecule has 3 heterocycles. The SMILES string of the molecule is BC(OCNC(=O)CNC(=O)C(Cc1ccccc1)NC(=O)CNC=O)(C(=O)NC1CCc2c(C)c(F)cc3nc4c(c1c23)Cn1c-4cc(C(C=O)CC)c(COC)c1=O)C(F)(F)F. The van der Waals surface area contributed by atoms with Crippen LogP contribution in [0.25, 0.3) is 22.3 Å². The highest BCUT2D eigenvalue weighted by molar-refractivity contribution is 6.28. The van der Waals surface area contributed by atoms with Gasteiger partial charge in [0.2, 0.25) is 29.6 Å². The first-order chi connectivity index (χ1) is 30.5. The predicted molar refractivity (Wildman–Crippen MR) is 225 cm³/mol. The van der Waals surface area contributed by atoms with E-state index < -0.39 is 84.5 Å². The Bertz CT molecular complexity index is 2560. The van der Waals surface area contributed by atoms with Crippen LogP contribution in [-0.2, 0) is 64.2 Å². The smallest absolute Gasteiger partial charge is 0.380 e. The maximum atomic E-state index is 15.4. The number of halogens is 4. The topological polar surface area (TPSA) is 216 Å². The summed E-state index contributed by atoms with van der Waals surface area (Å²) in [5.74, 6) is -5.33. The Morgan fingerprint density at radius 1 is 1.05 bits per heavy atom. The van der Waals surface area contributed by atoms with E-state index in [0.29, 0.717) is 65.1 Å². The average Bonchev–Trinajstić information content (AvgIpc) is 3.63. The van der Waals surface area contributed by atoms with E-state index in [0.717, 1.165) is 6.29 Å². The van der Waals surface area contributed by atoms with Crippen LogP contribution in [0, 0.1) is 12.7 Å². The molecule has 0 fully saturated rings. The second kappa shape index (κ2) is 19.5. The maximum absolute atomic E-state index is 15.4. The molecule has 64 heavy (non-hydrogen) atoms. The lowest BCUT2D eigenvalue weighted by atomic mass is 9.77. The summed E-state index contributed by atoms with van der Waals surface area (Å²) >= 11 is 0. The van der Waals surface area contributed by atoms with E-state index in [1.807, 2.05) is 0 Å².